The Kier molecular flexibility index (Phi) is 3.08. The first-order valence-electron chi connectivity index (χ1n) is 5.91. The fourth-order valence-corrected chi connectivity index (χ4v) is 2.17. The third-order valence-electron chi connectivity index (χ3n) is 2.92. The van der Waals surface area contributed by atoms with Crippen molar-refractivity contribution in [2.24, 2.45) is 0 Å². The normalized spacial score (nSPS) is 15.4. The van der Waals surface area contributed by atoms with E-state index in [1.807, 2.05) is 0 Å². The van der Waals surface area contributed by atoms with Gasteiger partial charge in [-0.05, 0) is 36.6 Å². The van der Waals surface area contributed by atoms with Gasteiger partial charge >= 0.3 is 6.36 Å². The van der Waals surface area contributed by atoms with Crippen LogP contribution in [-0.2, 0) is 0 Å². The van der Waals surface area contributed by atoms with Crippen molar-refractivity contribution in [1.82, 2.24) is 14.8 Å². The Balaban J connectivity index is 2.08. The molecule has 1 aliphatic carbocycles. The summed E-state index contributed by atoms with van der Waals surface area (Å²) in [7, 11) is 0. The van der Waals surface area contributed by atoms with Crippen molar-refractivity contribution < 1.29 is 17.9 Å². The summed E-state index contributed by atoms with van der Waals surface area (Å²) < 4.78 is 42.8. The molecule has 1 fully saturated rings. The average molecular weight is 304 g/mol. The maximum absolute atomic E-state index is 12.4. The van der Waals surface area contributed by atoms with E-state index in [1.165, 1.54) is 22.8 Å². The quantitative estimate of drug-likeness (QED) is 0.868. The Morgan fingerprint density at radius 2 is 1.90 bits per heavy atom. The third kappa shape index (κ3) is 2.58. The molecule has 106 valence electrons. The lowest BCUT2D eigenvalue weighted by atomic mass is 10.2. The van der Waals surface area contributed by atoms with Crippen molar-refractivity contribution >= 4 is 11.6 Å². The van der Waals surface area contributed by atoms with Crippen molar-refractivity contribution in [3.05, 3.63) is 35.4 Å². The minimum Gasteiger partial charge on any atom is -0.404 e. The second kappa shape index (κ2) is 4.66. The van der Waals surface area contributed by atoms with Crippen LogP contribution in [-0.4, -0.2) is 21.1 Å². The van der Waals surface area contributed by atoms with Crippen molar-refractivity contribution in [3.8, 4) is 11.4 Å². The molecule has 0 saturated heterocycles. The van der Waals surface area contributed by atoms with Crippen LogP contribution in [0.2, 0.25) is 5.28 Å². The summed E-state index contributed by atoms with van der Waals surface area (Å²) in [5, 5.41) is 7.69. The zero-order valence-electron chi connectivity index (χ0n) is 10.1. The first-order chi connectivity index (χ1) is 9.46. The lowest BCUT2D eigenvalue weighted by Crippen LogP contribution is -2.18. The summed E-state index contributed by atoms with van der Waals surface area (Å²) in [6.07, 6.45) is -2.91. The molecule has 0 spiro atoms. The van der Waals surface area contributed by atoms with E-state index in [0.29, 0.717) is 5.82 Å². The standard InChI is InChI=1S/C12H9ClF3N3O/c13-11-18-17-10(7-5-6-7)19(11)8-3-1-2-4-9(8)20-12(14,15)16/h1-4,7H,5-6H2. The van der Waals surface area contributed by atoms with Crippen LogP contribution in [0, 0.1) is 0 Å². The molecule has 1 aromatic carbocycles. The number of para-hydroxylation sites is 2. The molecule has 0 aliphatic heterocycles. The topological polar surface area (TPSA) is 39.9 Å². The second-order valence-corrected chi connectivity index (χ2v) is 4.79. The van der Waals surface area contributed by atoms with Gasteiger partial charge in [0.2, 0.25) is 5.28 Å². The van der Waals surface area contributed by atoms with Gasteiger partial charge in [0.15, 0.2) is 5.75 Å². The van der Waals surface area contributed by atoms with Crippen LogP contribution in [0.15, 0.2) is 24.3 Å². The smallest absolute Gasteiger partial charge is 0.404 e. The van der Waals surface area contributed by atoms with Gasteiger partial charge in [-0.25, -0.2) is 0 Å². The predicted octanol–water partition coefficient (Wildman–Crippen LogP) is 3.70. The minimum atomic E-state index is -4.77. The van der Waals surface area contributed by atoms with E-state index in [1.54, 1.807) is 6.07 Å². The highest BCUT2D eigenvalue weighted by molar-refractivity contribution is 6.28. The molecule has 0 bridgehead atoms. The number of nitrogens with zero attached hydrogens (tertiary/aromatic N) is 3. The first kappa shape index (κ1) is 13.2. The molecule has 8 heteroatoms. The van der Waals surface area contributed by atoms with Crippen LogP contribution >= 0.6 is 11.6 Å². The number of aromatic nitrogens is 3. The molecule has 0 radical (unpaired) electrons. The molecule has 1 heterocycles. The van der Waals surface area contributed by atoms with Gasteiger partial charge in [0, 0.05) is 5.92 Å². The van der Waals surface area contributed by atoms with E-state index in [0.717, 1.165) is 12.8 Å². The fourth-order valence-electron chi connectivity index (χ4n) is 1.96. The molecule has 0 N–H and O–H groups in total. The fraction of sp³-hybridized carbons (Fsp3) is 0.333. The molecule has 3 rings (SSSR count). The highest BCUT2D eigenvalue weighted by atomic mass is 35.5. The summed E-state index contributed by atoms with van der Waals surface area (Å²) >= 11 is 5.95. The first-order valence-corrected chi connectivity index (χ1v) is 6.29. The number of alkyl halides is 3. The molecule has 1 aliphatic rings. The summed E-state index contributed by atoms with van der Waals surface area (Å²) in [4.78, 5) is 0. The molecular weight excluding hydrogens is 295 g/mol. The van der Waals surface area contributed by atoms with E-state index in [4.69, 9.17) is 11.6 Å². The Hall–Kier alpha value is -1.76. The van der Waals surface area contributed by atoms with Gasteiger partial charge in [-0.3, -0.25) is 4.57 Å². The van der Waals surface area contributed by atoms with Gasteiger partial charge in [-0.15, -0.1) is 23.4 Å². The number of hydrogen-bond donors (Lipinski definition) is 0. The van der Waals surface area contributed by atoms with Crippen molar-refractivity contribution in [2.75, 3.05) is 0 Å². The molecule has 0 unspecified atom stereocenters. The molecule has 0 atom stereocenters. The van der Waals surface area contributed by atoms with Crippen LogP contribution < -0.4 is 4.74 Å². The van der Waals surface area contributed by atoms with Crippen LogP contribution in [0.5, 0.6) is 5.75 Å². The molecule has 1 saturated carbocycles. The maximum Gasteiger partial charge on any atom is 0.573 e. The molecule has 0 amide bonds. The Bertz CT molecular complexity index is 637. The number of hydrogen-bond acceptors (Lipinski definition) is 3. The van der Waals surface area contributed by atoms with E-state index >= 15 is 0 Å². The highest BCUT2D eigenvalue weighted by Gasteiger charge is 2.34. The van der Waals surface area contributed by atoms with E-state index in [2.05, 4.69) is 14.9 Å². The number of ether oxygens (including phenoxy) is 1. The Morgan fingerprint density at radius 3 is 2.55 bits per heavy atom. The second-order valence-electron chi connectivity index (χ2n) is 4.45. The SMILES string of the molecule is FC(F)(F)Oc1ccccc1-n1c(Cl)nnc1C1CC1. The largest absolute Gasteiger partial charge is 0.573 e. The van der Waals surface area contributed by atoms with E-state index in [-0.39, 0.29) is 22.6 Å². The third-order valence-corrected chi connectivity index (χ3v) is 3.17. The molecule has 1 aromatic heterocycles. The maximum atomic E-state index is 12.4. The Morgan fingerprint density at radius 1 is 1.20 bits per heavy atom. The van der Waals surface area contributed by atoms with Crippen molar-refractivity contribution in [2.45, 2.75) is 25.1 Å². The van der Waals surface area contributed by atoms with Gasteiger partial charge in [-0.1, -0.05) is 12.1 Å². The van der Waals surface area contributed by atoms with Gasteiger partial charge < -0.3 is 4.74 Å². The number of halogens is 4. The molecule has 4 nitrogen and oxygen atoms in total. The van der Waals surface area contributed by atoms with Gasteiger partial charge in [0.1, 0.15) is 5.82 Å². The summed E-state index contributed by atoms with van der Waals surface area (Å²) in [5.74, 6) is 0.422. The zero-order chi connectivity index (χ0) is 14.3. The van der Waals surface area contributed by atoms with Crippen molar-refractivity contribution in [1.29, 1.82) is 0 Å². The highest BCUT2D eigenvalue weighted by Crippen LogP contribution is 2.42. The monoisotopic (exact) mass is 303 g/mol. The van der Waals surface area contributed by atoms with Gasteiger partial charge in [0.05, 0.1) is 5.69 Å². The summed E-state index contributed by atoms with van der Waals surface area (Å²) in [6.45, 7) is 0. The number of rotatable bonds is 3. The average Bonchev–Trinajstić information content (AvgIpc) is 3.12. The number of benzene rings is 1. The summed E-state index contributed by atoms with van der Waals surface area (Å²) in [5.41, 5.74) is 0.182. The van der Waals surface area contributed by atoms with E-state index < -0.39 is 6.36 Å². The van der Waals surface area contributed by atoms with Crippen LogP contribution in [0.4, 0.5) is 13.2 Å². The molecular formula is C12H9ClF3N3O. The predicted molar refractivity (Wildman–Crippen MR) is 65.0 cm³/mol. The van der Waals surface area contributed by atoms with Gasteiger partial charge in [-0.2, -0.15) is 0 Å². The van der Waals surface area contributed by atoms with Crippen LogP contribution in [0.3, 0.4) is 0 Å². The molecule has 2 aromatic rings. The minimum absolute atomic E-state index is 0.0186. The molecule has 20 heavy (non-hydrogen) atoms. The van der Waals surface area contributed by atoms with Gasteiger partial charge in [0.25, 0.3) is 0 Å². The van der Waals surface area contributed by atoms with Crippen molar-refractivity contribution in [3.63, 3.8) is 0 Å². The van der Waals surface area contributed by atoms with E-state index in [9.17, 15) is 13.2 Å². The van der Waals surface area contributed by atoms with Crippen LogP contribution in [0.25, 0.3) is 5.69 Å². The van der Waals surface area contributed by atoms with Crippen LogP contribution in [0.1, 0.15) is 24.6 Å². The Labute approximate surface area is 117 Å². The lowest BCUT2D eigenvalue weighted by Gasteiger charge is -2.15. The lowest BCUT2D eigenvalue weighted by molar-refractivity contribution is -0.274. The summed E-state index contributed by atoms with van der Waals surface area (Å²) in [6, 6.07) is 5.78. The zero-order valence-corrected chi connectivity index (χ0v) is 10.8.